The summed E-state index contributed by atoms with van der Waals surface area (Å²) in [5, 5.41) is 0. The second-order valence-corrected chi connectivity index (χ2v) is 8.86. The number of likely N-dealkylation sites (tertiary alicyclic amines) is 1. The van der Waals surface area contributed by atoms with Gasteiger partial charge in [0.2, 0.25) is 0 Å². The summed E-state index contributed by atoms with van der Waals surface area (Å²) in [6.45, 7) is 8.41. The van der Waals surface area contributed by atoms with E-state index in [0.717, 1.165) is 16.9 Å². The fourth-order valence-electron chi connectivity index (χ4n) is 4.30. The minimum atomic E-state index is -0.0909. The summed E-state index contributed by atoms with van der Waals surface area (Å²) in [5.41, 5.74) is 2.85. The molecule has 0 radical (unpaired) electrons. The fourth-order valence-corrected chi connectivity index (χ4v) is 4.30. The van der Waals surface area contributed by atoms with Crippen LogP contribution in [0, 0.1) is 12.8 Å². The first-order valence-corrected chi connectivity index (χ1v) is 11.4. The van der Waals surface area contributed by atoms with Crippen molar-refractivity contribution in [1.29, 1.82) is 0 Å². The van der Waals surface area contributed by atoms with Gasteiger partial charge in [0, 0.05) is 24.6 Å². The summed E-state index contributed by atoms with van der Waals surface area (Å²) in [6.07, 6.45) is 1.31. The first kappa shape index (κ1) is 22.2. The first-order chi connectivity index (χ1) is 15.4. The van der Waals surface area contributed by atoms with Crippen molar-refractivity contribution in [3.05, 3.63) is 53.1 Å². The number of rotatable bonds is 6. The van der Waals surface area contributed by atoms with Crippen molar-refractivity contribution >= 4 is 11.7 Å². The van der Waals surface area contributed by atoms with Crippen LogP contribution in [-0.2, 0) is 4.79 Å². The number of carbonyl (C=O) groups is 2. The van der Waals surface area contributed by atoms with Crippen molar-refractivity contribution < 1.29 is 23.8 Å². The zero-order valence-corrected chi connectivity index (χ0v) is 19.1. The molecular formula is C26H31NO5. The van der Waals surface area contributed by atoms with Gasteiger partial charge in [-0.05, 0) is 61.1 Å². The Hall–Kier alpha value is -3.02. The van der Waals surface area contributed by atoms with Crippen LogP contribution in [0.25, 0.3) is 0 Å². The molecule has 0 saturated carbocycles. The molecule has 0 N–H and O–H groups in total. The van der Waals surface area contributed by atoms with Gasteiger partial charge in [0.25, 0.3) is 5.91 Å². The highest BCUT2D eigenvalue weighted by Gasteiger charge is 2.29. The van der Waals surface area contributed by atoms with E-state index in [-0.39, 0.29) is 24.2 Å². The lowest BCUT2D eigenvalue weighted by Crippen LogP contribution is -2.42. The van der Waals surface area contributed by atoms with Crippen LogP contribution in [0.1, 0.15) is 54.1 Å². The molecule has 4 rings (SSSR count). The Balaban J connectivity index is 1.31. The number of amides is 1. The highest BCUT2D eigenvalue weighted by atomic mass is 16.6. The van der Waals surface area contributed by atoms with Crippen molar-refractivity contribution in [2.24, 2.45) is 5.92 Å². The summed E-state index contributed by atoms with van der Waals surface area (Å²) in [5.74, 6) is 2.39. The summed E-state index contributed by atoms with van der Waals surface area (Å²) in [4.78, 5) is 27.5. The van der Waals surface area contributed by atoms with E-state index in [1.54, 1.807) is 23.1 Å². The van der Waals surface area contributed by atoms with Gasteiger partial charge in [-0.15, -0.1) is 0 Å². The molecule has 1 fully saturated rings. The Morgan fingerprint density at radius 1 is 1.03 bits per heavy atom. The third-order valence-corrected chi connectivity index (χ3v) is 6.19. The fraction of sp³-hybridized carbons (Fsp3) is 0.462. The lowest BCUT2D eigenvalue weighted by molar-refractivity contribution is -0.134. The molecule has 1 saturated heterocycles. The van der Waals surface area contributed by atoms with Gasteiger partial charge in [-0.1, -0.05) is 26.0 Å². The SMILES string of the molecule is Cc1ccc(C(C)C)c(OCC(=O)N2CCC(C(=O)c3ccc4c(c3)OCCO4)CC2)c1. The summed E-state index contributed by atoms with van der Waals surface area (Å²) in [7, 11) is 0. The maximum absolute atomic E-state index is 13.0. The minimum Gasteiger partial charge on any atom is -0.486 e. The van der Waals surface area contributed by atoms with Crippen molar-refractivity contribution in [1.82, 2.24) is 4.90 Å². The Morgan fingerprint density at radius 2 is 1.75 bits per heavy atom. The van der Waals surface area contributed by atoms with Crippen LogP contribution < -0.4 is 14.2 Å². The number of hydrogen-bond donors (Lipinski definition) is 0. The van der Waals surface area contributed by atoms with Crippen molar-refractivity contribution in [3.8, 4) is 17.2 Å². The lowest BCUT2D eigenvalue weighted by Gasteiger charge is -2.31. The first-order valence-electron chi connectivity index (χ1n) is 11.4. The number of fused-ring (bicyclic) bond motifs is 1. The average Bonchev–Trinajstić information content (AvgIpc) is 2.81. The number of Topliss-reactive ketones (excluding diaryl/α,β-unsaturated/α-hetero) is 1. The van der Waals surface area contributed by atoms with E-state index in [4.69, 9.17) is 14.2 Å². The van der Waals surface area contributed by atoms with Crippen LogP contribution >= 0.6 is 0 Å². The molecular weight excluding hydrogens is 406 g/mol. The molecule has 0 spiro atoms. The van der Waals surface area contributed by atoms with Gasteiger partial charge >= 0.3 is 0 Å². The third kappa shape index (κ3) is 4.90. The quantitative estimate of drug-likeness (QED) is 0.627. The number of ketones is 1. The molecule has 6 nitrogen and oxygen atoms in total. The number of ether oxygens (including phenoxy) is 3. The van der Waals surface area contributed by atoms with Crippen molar-refractivity contribution in [2.75, 3.05) is 32.9 Å². The third-order valence-electron chi connectivity index (χ3n) is 6.19. The number of piperidine rings is 1. The van der Waals surface area contributed by atoms with Crippen LogP contribution in [0.5, 0.6) is 17.2 Å². The molecule has 0 aliphatic carbocycles. The predicted molar refractivity (Wildman–Crippen MR) is 122 cm³/mol. The van der Waals surface area contributed by atoms with Crippen LogP contribution in [0.3, 0.4) is 0 Å². The number of carbonyl (C=O) groups excluding carboxylic acids is 2. The Bertz CT molecular complexity index is 992. The van der Waals surface area contributed by atoms with Gasteiger partial charge in [-0.25, -0.2) is 0 Å². The standard InChI is InChI=1S/C26H31NO5/c1-17(2)21-6-4-18(3)14-23(21)32-16-25(28)27-10-8-19(9-11-27)26(29)20-5-7-22-24(15-20)31-13-12-30-22/h4-7,14-15,17,19H,8-13,16H2,1-3H3. The molecule has 0 aromatic heterocycles. The summed E-state index contributed by atoms with van der Waals surface area (Å²) in [6, 6.07) is 11.5. The Kier molecular flexibility index (Phi) is 6.68. The largest absolute Gasteiger partial charge is 0.486 e. The molecule has 0 atom stereocenters. The Labute approximate surface area is 189 Å². The summed E-state index contributed by atoms with van der Waals surface area (Å²) < 4.78 is 17.0. The van der Waals surface area contributed by atoms with E-state index in [0.29, 0.717) is 62.1 Å². The molecule has 2 aromatic rings. The number of aryl methyl sites for hydroxylation is 1. The highest BCUT2D eigenvalue weighted by Crippen LogP contribution is 2.33. The van der Waals surface area contributed by atoms with Gasteiger partial charge in [0.05, 0.1) is 0 Å². The van der Waals surface area contributed by atoms with Gasteiger partial charge < -0.3 is 19.1 Å². The van der Waals surface area contributed by atoms with Crippen molar-refractivity contribution in [3.63, 3.8) is 0 Å². The normalized spacial score (nSPS) is 16.2. The van der Waals surface area contributed by atoms with E-state index < -0.39 is 0 Å². The topological polar surface area (TPSA) is 65.1 Å². The molecule has 2 aliphatic heterocycles. The predicted octanol–water partition coefficient (Wildman–Crippen LogP) is 4.39. The smallest absolute Gasteiger partial charge is 0.260 e. The second-order valence-electron chi connectivity index (χ2n) is 8.86. The molecule has 6 heteroatoms. The van der Waals surface area contributed by atoms with E-state index in [9.17, 15) is 9.59 Å². The molecule has 2 aliphatic rings. The molecule has 0 bridgehead atoms. The van der Waals surface area contributed by atoms with Crippen LogP contribution in [0.4, 0.5) is 0 Å². The minimum absolute atomic E-state index is 0.0178. The van der Waals surface area contributed by atoms with E-state index >= 15 is 0 Å². The van der Waals surface area contributed by atoms with Crippen molar-refractivity contribution in [2.45, 2.75) is 39.5 Å². The van der Waals surface area contributed by atoms with Crippen LogP contribution in [0.2, 0.25) is 0 Å². The van der Waals surface area contributed by atoms with Crippen LogP contribution in [-0.4, -0.2) is 49.5 Å². The average molecular weight is 438 g/mol. The van der Waals surface area contributed by atoms with E-state index in [1.807, 2.05) is 13.0 Å². The van der Waals surface area contributed by atoms with E-state index in [1.165, 1.54) is 0 Å². The lowest BCUT2D eigenvalue weighted by atomic mass is 9.88. The zero-order valence-electron chi connectivity index (χ0n) is 19.1. The highest BCUT2D eigenvalue weighted by molar-refractivity contribution is 5.98. The van der Waals surface area contributed by atoms with Gasteiger partial charge in [0.1, 0.15) is 19.0 Å². The van der Waals surface area contributed by atoms with Gasteiger partial charge in [-0.2, -0.15) is 0 Å². The number of nitrogens with zero attached hydrogens (tertiary/aromatic N) is 1. The maximum Gasteiger partial charge on any atom is 0.260 e. The molecule has 32 heavy (non-hydrogen) atoms. The molecule has 2 aromatic carbocycles. The monoisotopic (exact) mass is 437 g/mol. The summed E-state index contributed by atoms with van der Waals surface area (Å²) >= 11 is 0. The van der Waals surface area contributed by atoms with Gasteiger partial charge in [0.15, 0.2) is 23.9 Å². The maximum atomic E-state index is 13.0. The molecule has 170 valence electrons. The Morgan fingerprint density at radius 3 is 2.47 bits per heavy atom. The zero-order chi connectivity index (χ0) is 22.7. The number of benzene rings is 2. The molecule has 0 unspecified atom stereocenters. The second kappa shape index (κ2) is 9.63. The number of hydrogen-bond acceptors (Lipinski definition) is 5. The van der Waals surface area contributed by atoms with Gasteiger partial charge in [-0.3, -0.25) is 9.59 Å². The van der Waals surface area contributed by atoms with E-state index in [2.05, 4.69) is 26.0 Å². The molecule has 1 amide bonds. The molecule has 2 heterocycles. The van der Waals surface area contributed by atoms with Crippen LogP contribution in [0.15, 0.2) is 36.4 Å².